The summed E-state index contributed by atoms with van der Waals surface area (Å²) in [5.41, 5.74) is 3.20. The van der Waals surface area contributed by atoms with Crippen molar-refractivity contribution in [2.24, 2.45) is 0 Å². The molecule has 1 saturated heterocycles. The Morgan fingerprint density at radius 2 is 1.71 bits per heavy atom. The van der Waals surface area contributed by atoms with Gasteiger partial charge in [-0.2, -0.15) is 0 Å². The maximum Gasteiger partial charge on any atom is 0.415 e. The van der Waals surface area contributed by atoms with Crippen molar-refractivity contribution in [3.05, 3.63) is 89.5 Å². The Hall–Kier alpha value is -3.78. The number of piperazine rings is 1. The fourth-order valence-corrected chi connectivity index (χ4v) is 3.89. The van der Waals surface area contributed by atoms with E-state index in [2.05, 4.69) is 14.9 Å². The Morgan fingerprint density at radius 3 is 2.35 bits per heavy atom. The maximum atomic E-state index is 12.5. The standard InChI is InChI=1S/C26H28N4O4/c31-25(32)21-8-9-22(28-19-21)5-3-13-29-14-16-30(17-15-29)26(33)34-24-10-6-20(7-11-24)18-23-4-1-2-12-27-23/h1-2,4,6-12,19H,3,5,13-18H2,(H,31,32). The normalized spacial score (nSPS) is 14.1. The first-order valence-corrected chi connectivity index (χ1v) is 11.4. The molecule has 0 bridgehead atoms. The lowest BCUT2D eigenvalue weighted by Gasteiger charge is -2.34. The summed E-state index contributed by atoms with van der Waals surface area (Å²) in [6, 6.07) is 16.8. The molecule has 0 saturated carbocycles. The molecular weight excluding hydrogens is 432 g/mol. The van der Waals surface area contributed by atoms with Crippen LogP contribution in [-0.4, -0.2) is 69.7 Å². The average molecular weight is 461 g/mol. The third kappa shape index (κ3) is 6.62. The van der Waals surface area contributed by atoms with E-state index in [0.29, 0.717) is 18.8 Å². The van der Waals surface area contributed by atoms with Crippen LogP contribution in [0, 0.1) is 0 Å². The molecule has 3 heterocycles. The van der Waals surface area contributed by atoms with Crippen LogP contribution in [0.3, 0.4) is 0 Å². The van der Waals surface area contributed by atoms with Crippen molar-refractivity contribution in [3.63, 3.8) is 0 Å². The van der Waals surface area contributed by atoms with Crippen LogP contribution in [0.1, 0.15) is 33.7 Å². The molecule has 8 heteroatoms. The Labute approximate surface area is 198 Å². The summed E-state index contributed by atoms with van der Waals surface area (Å²) in [4.78, 5) is 36.1. The Balaban J connectivity index is 1.16. The highest BCUT2D eigenvalue weighted by Gasteiger charge is 2.22. The number of aromatic nitrogens is 2. The van der Waals surface area contributed by atoms with Crippen LogP contribution < -0.4 is 4.74 Å². The van der Waals surface area contributed by atoms with Gasteiger partial charge in [0.2, 0.25) is 0 Å². The van der Waals surface area contributed by atoms with Crippen LogP contribution in [0.15, 0.2) is 67.0 Å². The third-order valence-corrected chi connectivity index (χ3v) is 5.85. The van der Waals surface area contributed by atoms with Gasteiger partial charge in [-0.1, -0.05) is 18.2 Å². The number of rotatable bonds is 8. The highest BCUT2D eigenvalue weighted by Crippen LogP contribution is 2.16. The predicted molar refractivity (Wildman–Crippen MR) is 127 cm³/mol. The van der Waals surface area contributed by atoms with E-state index in [4.69, 9.17) is 9.84 Å². The van der Waals surface area contributed by atoms with E-state index in [1.807, 2.05) is 42.5 Å². The molecule has 0 atom stereocenters. The molecule has 4 rings (SSSR count). The van der Waals surface area contributed by atoms with Crippen LogP contribution in [-0.2, 0) is 12.8 Å². The molecule has 0 unspecified atom stereocenters. The van der Waals surface area contributed by atoms with Gasteiger partial charge in [0.05, 0.1) is 5.56 Å². The molecule has 1 aliphatic heterocycles. The number of aromatic carboxylic acids is 1. The second-order valence-electron chi connectivity index (χ2n) is 8.29. The number of carboxylic acid groups (broad SMARTS) is 1. The lowest BCUT2D eigenvalue weighted by molar-refractivity contribution is 0.0696. The lowest BCUT2D eigenvalue weighted by Crippen LogP contribution is -2.49. The fourth-order valence-electron chi connectivity index (χ4n) is 3.89. The van der Waals surface area contributed by atoms with Gasteiger partial charge in [0.25, 0.3) is 0 Å². The van der Waals surface area contributed by atoms with Gasteiger partial charge in [0.1, 0.15) is 5.75 Å². The average Bonchev–Trinajstić information content (AvgIpc) is 2.86. The van der Waals surface area contributed by atoms with E-state index in [9.17, 15) is 9.59 Å². The monoisotopic (exact) mass is 460 g/mol. The van der Waals surface area contributed by atoms with Gasteiger partial charge in [-0.3, -0.25) is 14.9 Å². The molecule has 34 heavy (non-hydrogen) atoms. The number of benzene rings is 1. The van der Waals surface area contributed by atoms with Crippen molar-refractivity contribution in [2.75, 3.05) is 32.7 Å². The summed E-state index contributed by atoms with van der Waals surface area (Å²) in [5, 5.41) is 8.94. The minimum absolute atomic E-state index is 0.201. The van der Waals surface area contributed by atoms with E-state index in [1.165, 1.54) is 6.20 Å². The molecule has 176 valence electrons. The summed E-state index contributed by atoms with van der Waals surface area (Å²) in [7, 11) is 0. The largest absolute Gasteiger partial charge is 0.478 e. The van der Waals surface area contributed by atoms with Gasteiger partial charge in [-0.05, 0) is 61.3 Å². The second kappa shape index (κ2) is 11.4. The second-order valence-corrected chi connectivity index (χ2v) is 8.29. The van der Waals surface area contributed by atoms with E-state index in [-0.39, 0.29) is 11.7 Å². The summed E-state index contributed by atoms with van der Waals surface area (Å²) < 4.78 is 5.56. The first kappa shape index (κ1) is 23.4. The number of ether oxygens (including phenoxy) is 1. The van der Waals surface area contributed by atoms with Gasteiger partial charge >= 0.3 is 12.1 Å². The molecule has 1 aromatic carbocycles. The zero-order valence-electron chi connectivity index (χ0n) is 19.0. The van der Waals surface area contributed by atoms with Crippen molar-refractivity contribution in [1.29, 1.82) is 0 Å². The molecule has 2 aromatic heterocycles. The molecule has 1 N–H and O–H groups in total. The first-order chi connectivity index (χ1) is 16.6. The number of carbonyl (C=O) groups excluding carboxylic acids is 1. The maximum absolute atomic E-state index is 12.5. The molecule has 0 spiro atoms. The number of pyridine rings is 2. The van der Waals surface area contributed by atoms with E-state index in [0.717, 1.165) is 55.8 Å². The van der Waals surface area contributed by atoms with Crippen LogP contribution in [0.2, 0.25) is 0 Å². The zero-order valence-corrected chi connectivity index (χ0v) is 19.0. The predicted octanol–water partition coefficient (Wildman–Crippen LogP) is 3.51. The summed E-state index contributed by atoms with van der Waals surface area (Å²) in [6.07, 6.45) is 5.31. The Kier molecular flexibility index (Phi) is 7.83. The number of amides is 1. The topological polar surface area (TPSA) is 95.9 Å². The number of hydrogen-bond acceptors (Lipinski definition) is 6. The van der Waals surface area contributed by atoms with Gasteiger partial charge in [0.15, 0.2) is 0 Å². The summed E-state index contributed by atoms with van der Waals surface area (Å²) in [5.74, 6) is -0.424. The van der Waals surface area contributed by atoms with Crippen molar-refractivity contribution in [3.8, 4) is 5.75 Å². The molecule has 1 amide bonds. The number of carboxylic acids is 1. The van der Waals surface area contributed by atoms with Crippen molar-refractivity contribution in [2.45, 2.75) is 19.3 Å². The van der Waals surface area contributed by atoms with Crippen molar-refractivity contribution in [1.82, 2.24) is 19.8 Å². The van der Waals surface area contributed by atoms with E-state index in [1.54, 1.807) is 23.2 Å². The molecule has 3 aromatic rings. The van der Waals surface area contributed by atoms with Gasteiger partial charge in [-0.15, -0.1) is 0 Å². The summed E-state index contributed by atoms with van der Waals surface area (Å²) >= 11 is 0. The van der Waals surface area contributed by atoms with Crippen LogP contribution in [0.25, 0.3) is 0 Å². The Bertz CT molecular complexity index is 1080. The van der Waals surface area contributed by atoms with Crippen LogP contribution in [0.4, 0.5) is 4.79 Å². The molecule has 0 aliphatic carbocycles. The van der Waals surface area contributed by atoms with Gasteiger partial charge < -0.3 is 14.7 Å². The minimum atomic E-state index is -0.965. The molecule has 1 aliphatic rings. The number of nitrogens with zero attached hydrogens (tertiary/aromatic N) is 4. The van der Waals surface area contributed by atoms with Crippen LogP contribution >= 0.6 is 0 Å². The number of carbonyl (C=O) groups is 2. The zero-order chi connectivity index (χ0) is 23.8. The molecule has 1 fully saturated rings. The summed E-state index contributed by atoms with van der Waals surface area (Å²) in [6.45, 7) is 3.75. The van der Waals surface area contributed by atoms with Crippen LogP contribution in [0.5, 0.6) is 5.75 Å². The Morgan fingerprint density at radius 1 is 0.912 bits per heavy atom. The third-order valence-electron chi connectivity index (χ3n) is 5.85. The molecule has 8 nitrogen and oxygen atoms in total. The minimum Gasteiger partial charge on any atom is -0.478 e. The van der Waals surface area contributed by atoms with Crippen molar-refractivity contribution < 1.29 is 19.4 Å². The van der Waals surface area contributed by atoms with Gasteiger partial charge in [-0.25, -0.2) is 9.59 Å². The van der Waals surface area contributed by atoms with E-state index < -0.39 is 5.97 Å². The highest BCUT2D eigenvalue weighted by molar-refractivity contribution is 5.87. The van der Waals surface area contributed by atoms with E-state index >= 15 is 0 Å². The molecular formula is C26H28N4O4. The SMILES string of the molecule is O=C(O)c1ccc(CCCN2CCN(C(=O)Oc3ccc(Cc4ccccn4)cc3)CC2)nc1. The molecule has 0 radical (unpaired) electrons. The highest BCUT2D eigenvalue weighted by atomic mass is 16.6. The van der Waals surface area contributed by atoms with Crippen molar-refractivity contribution >= 4 is 12.1 Å². The van der Waals surface area contributed by atoms with Gasteiger partial charge in [0, 0.05) is 56.4 Å². The quantitative estimate of drug-likeness (QED) is 0.549. The smallest absolute Gasteiger partial charge is 0.415 e. The fraction of sp³-hybridized carbons (Fsp3) is 0.308. The number of hydrogen-bond donors (Lipinski definition) is 1. The first-order valence-electron chi connectivity index (χ1n) is 11.4. The lowest BCUT2D eigenvalue weighted by atomic mass is 10.1. The number of aryl methyl sites for hydroxylation is 1.